The van der Waals surface area contributed by atoms with Crippen LogP contribution in [0.5, 0.6) is 0 Å². The Kier molecular flexibility index (Phi) is 5.09. The molecule has 1 heterocycles. The second-order valence-corrected chi connectivity index (χ2v) is 4.29. The van der Waals surface area contributed by atoms with Crippen LogP contribution in [0.3, 0.4) is 0 Å². The first kappa shape index (κ1) is 14.1. The molecule has 94 valence electrons. The molecule has 2 nitrogen and oxygen atoms in total. The summed E-state index contributed by atoms with van der Waals surface area (Å²) < 4.78 is 12.7. The number of hydrogen-bond donors (Lipinski definition) is 0. The number of ketones is 1. The Labute approximate surface area is 107 Å². The highest BCUT2D eigenvalue weighted by molar-refractivity contribution is 5.99. The molecular weight excluding hydrogens is 241 g/mol. The van der Waals surface area contributed by atoms with Gasteiger partial charge in [0, 0.05) is 5.56 Å². The maximum Gasteiger partial charge on any atom is 0.179 e. The number of carbonyl (C=O) groups excluding carboxylic acids is 1. The summed E-state index contributed by atoms with van der Waals surface area (Å²) >= 11 is 0. The van der Waals surface area contributed by atoms with E-state index >= 15 is 0 Å². The number of halogens is 2. The van der Waals surface area contributed by atoms with Crippen molar-refractivity contribution in [3.05, 3.63) is 35.6 Å². The van der Waals surface area contributed by atoms with E-state index in [1.807, 2.05) is 6.92 Å². The normalized spacial score (nSPS) is 17.5. The smallest absolute Gasteiger partial charge is 0.179 e. The zero-order valence-electron chi connectivity index (χ0n) is 9.86. The Bertz CT molecular complexity index is 374. The number of benzene rings is 1. The quantitative estimate of drug-likeness (QED) is 0.776. The van der Waals surface area contributed by atoms with Crippen LogP contribution >= 0.6 is 12.4 Å². The molecule has 1 saturated heterocycles. The SMILES string of the molecule is CC(C(=O)c1ccc(F)cc1)N1CCCC1.Cl. The number of Topliss-reactive ketones (excluding diaryl/α,β-unsaturated/α-hetero) is 1. The molecule has 1 aliphatic rings. The third-order valence-electron chi connectivity index (χ3n) is 3.20. The first-order chi connectivity index (χ1) is 7.68. The van der Waals surface area contributed by atoms with Gasteiger partial charge in [0.05, 0.1) is 6.04 Å². The van der Waals surface area contributed by atoms with Crippen molar-refractivity contribution in [2.45, 2.75) is 25.8 Å². The molecule has 0 amide bonds. The summed E-state index contributed by atoms with van der Waals surface area (Å²) in [5.74, 6) is -0.215. The molecule has 1 aromatic rings. The van der Waals surface area contributed by atoms with E-state index in [4.69, 9.17) is 0 Å². The summed E-state index contributed by atoms with van der Waals surface area (Å²) in [4.78, 5) is 14.3. The Morgan fingerprint density at radius 2 is 1.76 bits per heavy atom. The number of carbonyl (C=O) groups is 1. The van der Waals surface area contributed by atoms with Gasteiger partial charge in [0.2, 0.25) is 0 Å². The molecule has 1 unspecified atom stereocenters. The van der Waals surface area contributed by atoms with Crippen LogP contribution in [0, 0.1) is 5.82 Å². The van der Waals surface area contributed by atoms with Gasteiger partial charge < -0.3 is 0 Å². The molecule has 0 bridgehead atoms. The number of hydrogen-bond acceptors (Lipinski definition) is 2. The number of likely N-dealkylation sites (tertiary alicyclic amines) is 1. The molecular formula is C13H17ClFNO. The summed E-state index contributed by atoms with van der Waals surface area (Å²) in [6, 6.07) is 5.70. The van der Waals surface area contributed by atoms with Crippen LogP contribution < -0.4 is 0 Å². The average molecular weight is 258 g/mol. The van der Waals surface area contributed by atoms with Gasteiger partial charge in [-0.15, -0.1) is 12.4 Å². The van der Waals surface area contributed by atoms with E-state index in [-0.39, 0.29) is 30.0 Å². The summed E-state index contributed by atoms with van der Waals surface area (Å²) in [5.41, 5.74) is 0.598. The van der Waals surface area contributed by atoms with Crippen molar-refractivity contribution < 1.29 is 9.18 Å². The topological polar surface area (TPSA) is 20.3 Å². The fourth-order valence-corrected chi connectivity index (χ4v) is 2.15. The monoisotopic (exact) mass is 257 g/mol. The van der Waals surface area contributed by atoms with Crippen LogP contribution in [0.4, 0.5) is 4.39 Å². The zero-order chi connectivity index (χ0) is 11.5. The molecule has 2 rings (SSSR count). The molecule has 17 heavy (non-hydrogen) atoms. The van der Waals surface area contributed by atoms with E-state index in [1.165, 1.54) is 25.0 Å². The highest BCUT2D eigenvalue weighted by Gasteiger charge is 2.24. The van der Waals surface area contributed by atoms with Gasteiger partial charge in [0.15, 0.2) is 5.78 Å². The predicted octanol–water partition coefficient (Wildman–Crippen LogP) is 2.91. The van der Waals surface area contributed by atoms with Crippen LogP contribution in [0.15, 0.2) is 24.3 Å². The van der Waals surface area contributed by atoms with E-state index in [1.54, 1.807) is 12.1 Å². The minimum atomic E-state index is -0.301. The molecule has 1 atom stereocenters. The van der Waals surface area contributed by atoms with E-state index in [2.05, 4.69) is 4.90 Å². The van der Waals surface area contributed by atoms with E-state index in [0.717, 1.165) is 13.1 Å². The molecule has 0 aromatic heterocycles. The van der Waals surface area contributed by atoms with Gasteiger partial charge >= 0.3 is 0 Å². The van der Waals surface area contributed by atoms with Crippen LogP contribution in [-0.2, 0) is 0 Å². The Balaban J connectivity index is 0.00000144. The van der Waals surface area contributed by atoms with Gasteiger partial charge in [-0.2, -0.15) is 0 Å². The minimum absolute atomic E-state index is 0. The van der Waals surface area contributed by atoms with Crippen molar-refractivity contribution in [3.63, 3.8) is 0 Å². The lowest BCUT2D eigenvalue weighted by molar-refractivity contribution is 0.0867. The largest absolute Gasteiger partial charge is 0.294 e. The van der Waals surface area contributed by atoms with Crippen molar-refractivity contribution in [2.75, 3.05) is 13.1 Å². The van der Waals surface area contributed by atoms with Crippen LogP contribution in [0.1, 0.15) is 30.1 Å². The van der Waals surface area contributed by atoms with Gasteiger partial charge in [-0.3, -0.25) is 9.69 Å². The lowest BCUT2D eigenvalue weighted by Crippen LogP contribution is -2.36. The zero-order valence-corrected chi connectivity index (χ0v) is 10.7. The summed E-state index contributed by atoms with van der Waals surface area (Å²) in [6.07, 6.45) is 2.34. The molecule has 1 aliphatic heterocycles. The molecule has 1 aromatic carbocycles. The Morgan fingerprint density at radius 3 is 2.29 bits per heavy atom. The molecule has 0 aliphatic carbocycles. The van der Waals surface area contributed by atoms with Crippen molar-refractivity contribution in [2.24, 2.45) is 0 Å². The number of nitrogens with zero attached hydrogens (tertiary/aromatic N) is 1. The van der Waals surface area contributed by atoms with E-state index in [0.29, 0.717) is 5.56 Å². The fourth-order valence-electron chi connectivity index (χ4n) is 2.15. The maximum atomic E-state index is 12.7. The highest BCUT2D eigenvalue weighted by Crippen LogP contribution is 2.15. The minimum Gasteiger partial charge on any atom is -0.294 e. The van der Waals surface area contributed by atoms with Crippen molar-refractivity contribution in [3.8, 4) is 0 Å². The third kappa shape index (κ3) is 3.27. The average Bonchev–Trinajstić information content (AvgIpc) is 2.81. The van der Waals surface area contributed by atoms with Gasteiger partial charge in [-0.1, -0.05) is 0 Å². The van der Waals surface area contributed by atoms with Crippen LogP contribution in [0.2, 0.25) is 0 Å². The summed E-state index contributed by atoms with van der Waals surface area (Å²) in [6.45, 7) is 3.92. The molecule has 0 radical (unpaired) electrons. The van der Waals surface area contributed by atoms with E-state index < -0.39 is 0 Å². The van der Waals surface area contributed by atoms with Crippen LogP contribution in [0.25, 0.3) is 0 Å². The van der Waals surface area contributed by atoms with Crippen molar-refractivity contribution in [1.29, 1.82) is 0 Å². The van der Waals surface area contributed by atoms with Crippen LogP contribution in [-0.4, -0.2) is 29.8 Å². The lowest BCUT2D eigenvalue weighted by Gasteiger charge is -2.22. The lowest BCUT2D eigenvalue weighted by atomic mass is 10.0. The fraction of sp³-hybridized carbons (Fsp3) is 0.462. The summed E-state index contributed by atoms with van der Waals surface area (Å²) in [5, 5.41) is 0. The standard InChI is InChI=1S/C13H16FNO.ClH/c1-10(15-8-2-3-9-15)13(16)11-4-6-12(14)7-5-11;/h4-7,10H,2-3,8-9H2,1H3;1H. The first-order valence-corrected chi connectivity index (χ1v) is 5.72. The maximum absolute atomic E-state index is 12.7. The van der Waals surface area contributed by atoms with Gasteiger partial charge in [-0.05, 0) is 57.1 Å². The first-order valence-electron chi connectivity index (χ1n) is 5.72. The Hall–Kier alpha value is -0.930. The molecule has 4 heteroatoms. The number of rotatable bonds is 3. The highest BCUT2D eigenvalue weighted by atomic mass is 35.5. The molecule has 0 spiro atoms. The molecule has 0 saturated carbocycles. The van der Waals surface area contributed by atoms with Gasteiger partial charge in [0.25, 0.3) is 0 Å². The summed E-state index contributed by atoms with van der Waals surface area (Å²) in [7, 11) is 0. The van der Waals surface area contributed by atoms with Gasteiger partial charge in [-0.25, -0.2) is 4.39 Å². The molecule has 0 N–H and O–H groups in total. The second kappa shape index (κ2) is 6.12. The second-order valence-electron chi connectivity index (χ2n) is 4.29. The molecule has 1 fully saturated rings. The predicted molar refractivity (Wildman–Crippen MR) is 68.2 cm³/mol. The third-order valence-corrected chi connectivity index (χ3v) is 3.20. The van der Waals surface area contributed by atoms with Crippen molar-refractivity contribution >= 4 is 18.2 Å². The van der Waals surface area contributed by atoms with Crippen molar-refractivity contribution in [1.82, 2.24) is 4.90 Å². The van der Waals surface area contributed by atoms with Gasteiger partial charge in [0.1, 0.15) is 5.82 Å². The Morgan fingerprint density at radius 1 is 1.24 bits per heavy atom. The van der Waals surface area contributed by atoms with E-state index in [9.17, 15) is 9.18 Å².